The van der Waals surface area contributed by atoms with Crippen LogP contribution in [0.25, 0.3) is 11.4 Å². The zero-order valence-electron chi connectivity index (χ0n) is 10.1. The number of aromatic nitrogens is 3. The summed E-state index contributed by atoms with van der Waals surface area (Å²) in [7, 11) is 1.86. The van der Waals surface area contributed by atoms with E-state index in [-0.39, 0.29) is 5.78 Å². The molecule has 18 heavy (non-hydrogen) atoms. The van der Waals surface area contributed by atoms with Crippen LogP contribution in [0.5, 0.6) is 0 Å². The van der Waals surface area contributed by atoms with Gasteiger partial charge in [0.05, 0.1) is 10.8 Å². The van der Waals surface area contributed by atoms with Crippen LogP contribution in [0.4, 0.5) is 0 Å². The van der Waals surface area contributed by atoms with Gasteiger partial charge in [0.15, 0.2) is 11.0 Å². The fraction of sp³-hybridized carbons (Fsp3) is 0.250. The third kappa shape index (κ3) is 2.73. The number of halogens is 1. The van der Waals surface area contributed by atoms with Crippen LogP contribution in [0.2, 0.25) is 5.02 Å². The standard InChI is InChI=1S/C12H12ClN3OS/c1-8(17)7-18-12-15-14-11(16(12)2)9-5-3-4-6-10(9)13/h3-6H,7H2,1-2H3. The number of nitrogens with zero attached hydrogens (tertiary/aromatic N) is 3. The number of hydrogen-bond acceptors (Lipinski definition) is 4. The quantitative estimate of drug-likeness (QED) is 0.809. The SMILES string of the molecule is CC(=O)CSc1nnc(-c2ccccc2Cl)n1C. The predicted molar refractivity (Wildman–Crippen MR) is 72.9 cm³/mol. The fourth-order valence-electron chi connectivity index (χ4n) is 1.48. The van der Waals surface area contributed by atoms with Crippen LogP contribution in [0.3, 0.4) is 0 Å². The summed E-state index contributed by atoms with van der Waals surface area (Å²) in [6.45, 7) is 1.55. The topological polar surface area (TPSA) is 47.8 Å². The van der Waals surface area contributed by atoms with Gasteiger partial charge in [-0.25, -0.2) is 0 Å². The van der Waals surface area contributed by atoms with Crippen LogP contribution >= 0.6 is 23.4 Å². The summed E-state index contributed by atoms with van der Waals surface area (Å²) in [5.41, 5.74) is 0.837. The minimum atomic E-state index is 0.113. The molecule has 4 nitrogen and oxygen atoms in total. The van der Waals surface area contributed by atoms with E-state index in [1.807, 2.05) is 35.9 Å². The number of rotatable bonds is 4. The molecule has 0 saturated carbocycles. The monoisotopic (exact) mass is 281 g/mol. The highest BCUT2D eigenvalue weighted by Crippen LogP contribution is 2.28. The Labute approximate surface area is 114 Å². The van der Waals surface area contributed by atoms with Gasteiger partial charge < -0.3 is 4.57 Å². The smallest absolute Gasteiger partial charge is 0.191 e. The van der Waals surface area contributed by atoms with Gasteiger partial charge in [-0.2, -0.15) is 0 Å². The highest BCUT2D eigenvalue weighted by Gasteiger charge is 2.13. The molecule has 0 saturated heterocycles. The molecular formula is C12H12ClN3OS. The molecule has 2 rings (SSSR count). The normalized spacial score (nSPS) is 10.6. The van der Waals surface area contributed by atoms with Crippen molar-refractivity contribution in [2.24, 2.45) is 7.05 Å². The molecular weight excluding hydrogens is 270 g/mol. The first kappa shape index (κ1) is 13.1. The van der Waals surface area contributed by atoms with Crippen molar-refractivity contribution >= 4 is 29.1 Å². The molecule has 2 aromatic rings. The maximum absolute atomic E-state index is 11.0. The third-order valence-electron chi connectivity index (χ3n) is 2.35. The molecule has 0 aliphatic rings. The average Bonchev–Trinajstić information content (AvgIpc) is 2.69. The molecule has 6 heteroatoms. The van der Waals surface area contributed by atoms with Gasteiger partial charge in [0.25, 0.3) is 0 Å². The predicted octanol–water partition coefficient (Wildman–Crippen LogP) is 2.82. The summed E-state index contributed by atoms with van der Waals surface area (Å²) in [4.78, 5) is 11.0. The van der Waals surface area contributed by atoms with E-state index >= 15 is 0 Å². The fourth-order valence-corrected chi connectivity index (χ4v) is 2.42. The van der Waals surface area contributed by atoms with Gasteiger partial charge in [0, 0.05) is 12.6 Å². The van der Waals surface area contributed by atoms with E-state index in [1.165, 1.54) is 11.8 Å². The summed E-state index contributed by atoms with van der Waals surface area (Å²) in [5, 5.41) is 9.54. The highest BCUT2D eigenvalue weighted by atomic mass is 35.5. The number of carbonyl (C=O) groups is 1. The molecule has 0 fully saturated rings. The Morgan fingerprint density at radius 2 is 2.11 bits per heavy atom. The second-order valence-electron chi connectivity index (χ2n) is 3.84. The van der Waals surface area contributed by atoms with Crippen molar-refractivity contribution in [2.75, 3.05) is 5.75 Å². The first-order chi connectivity index (χ1) is 8.59. The highest BCUT2D eigenvalue weighted by molar-refractivity contribution is 7.99. The van der Waals surface area contributed by atoms with Crippen molar-refractivity contribution in [3.05, 3.63) is 29.3 Å². The van der Waals surface area contributed by atoms with E-state index in [4.69, 9.17) is 11.6 Å². The van der Waals surface area contributed by atoms with Crippen molar-refractivity contribution in [3.63, 3.8) is 0 Å². The zero-order chi connectivity index (χ0) is 13.1. The van der Waals surface area contributed by atoms with Crippen molar-refractivity contribution in [1.29, 1.82) is 0 Å². The van der Waals surface area contributed by atoms with E-state index in [2.05, 4.69) is 10.2 Å². The van der Waals surface area contributed by atoms with Crippen molar-refractivity contribution < 1.29 is 4.79 Å². The number of hydrogen-bond donors (Lipinski definition) is 0. The summed E-state index contributed by atoms with van der Waals surface area (Å²) in [6, 6.07) is 7.48. The molecule has 0 aliphatic carbocycles. The summed E-state index contributed by atoms with van der Waals surface area (Å²) in [6.07, 6.45) is 0. The minimum absolute atomic E-state index is 0.113. The van der Waals surface area contributed by atoms with Gasteiger partial charge in [-0.05, 0) is 19.1 Å². The lowest BCUT2D eigenvalue weighted by atomic mass is 10.2. The molecule has 0 atom stereocenters. The summed E-state index contributed by atoms with van der Waals surface area (Å²) in [5.74, 6) is 1.21. The largest absolute Gasteiger partial charge is 0.305 e. The third-order valence-corrected chi connectivity index (χ3v) is 3.85. The number of ketones is 1. The van der Waals surface area contributed by atoms with Gasteiger partial charge in [-0.1, -0.05) is 35.5 Å². The van der Waals surface area contributed by atoms with E-state index < -0.39 is 0 Å². The molecule has 0 N–H and O–H groups in total. The first-order valence-electron chi connectivity index (χ1n) is 5.36. The molecule has 0 amide bonds. The minimum Gasteiger partial charge on any atom is -0.305 e. The molecule has 1 heterocycles. The van der Waals surface area contributed by atoms with Gasteiger partial charge in [0.1, 0.15) is 5.78 Å². The van der Waals surface area contributed by atoms with Gasteiger partial charge in [-0.3, -0.25) is 4.79 Å². The van der Waals surface area contributed by atoms with Crippen LogP contribution in [0.1, 0.15) is 6.92 Å². The first-order valence-corrected chi connectivity index (χ1v) is 6.72. The molecule has 1 aromatic carbocycles. The van der Waals surface area contributed by atoms with E-state index in [1.54, 1.807) is 6.92 Å². The van der Waals surface area contributed by atoms with E-state index in [9.17, 15) is 4.79 Å². The zero-order valence-corrected chi connectivity index (χ0v) is 11.6. The molecule has 94 valence electrons. The Hall–Kier alpha value is -1.33. The van der Waals surface area contributed by atoms with E-state index in [0.29, 0.717) is 21.8 Å². The second-order valence-corrected chi connectivity index (χ2v) is 5.19. The number of carbonyl (C=O) groups excluding carboxylic acids is 1. The lowest BCUT2D eigenvalue weighted by Gasteiger charge is -2.04. The van der Waals surface area contributed by atoms with Crippen LogP contribution in [-0.2, 0) is 11.8 Å². The lowest BCUT2D eigenvalue weighted by Crippen LogP contribution is -1.98. The lowest BCUT2D eigenvalue weighted by molar-refractivity contribution is -0.114. The number of benzene rings is 1. The van der Waals surface area contributed by atoms with Crippen LogP contribution in [0.15, 0.2) is 29.4 Å². The van der Waals surface area contributed by atoms with E-state index in [0.717, 1.165) is 5.56 Å². The summed E-state index contributed by atoms with van der Waals surface area (Å²) < 4.78 is 1.84. The Morgan fingerprint density at radius 3 is 2.78 bits per heavy atom. The molecule has 0 spiro atoms. The van der Waals surface area contributed by atoms with Gasteiger partial charge in [0.2, 0.25) is 0 Å². The maximum atomic E-state index is 11.0. The maximum Gasteiger partial charge on any atom is 0.191 e. The van der Waals surface area contributed by atoms with Crippen molar-refractivity contribution in [2.45, 2.75) is 12.1 Å². The molecule has 0 aliphatic heterocycles. The van der Waals surface area contributed by atoms with Crippen molar-refractivity contribution in [3.8, 4) is 11.4 Å². The molecule has 1 aromatic heterocycles. The van der Waals surface area contributed by atoms with Crippen LogP contribution < -0.4 is 0 Å². The number of Topliss-reactive ketones (excluding diaryl/α,β-unsaturated/α-hetero) is 1. The summed E-state index contributed by atoms with van der Waals surface area (Å²) >= 11 is 7.50. The molecule has 0 unspecified atom stereocenters. The Morgan fingerprint density at radius 1 is 1.39 bits per heavy atom. The van der Waals surface area contributed by atoms with Gasteiger partial charge in [-0.15, -0.1) is 10.2 Å². The Bertz CT molecular complexity index is 582. The second kappa shape index (κ2) is 5.54. The number of thioether (sulfide) groups is 1. The molecule has 0 bridgehead atoms. The van der Waals surface area contributed by atoms with Crippen LogP contribution in [0, 0.1) is 0 Å². The van der Waals surface area contributed by atoms with Crippen molar-refractivity contribution in [1.82, 2.24) is 14.8 Å². The van der Waals surface area contributed by atoms with Crippen LogP contribution in [-0.4, -0.2) is 26.3 Å². The average molecular weight is 282 g/mol. The Balaban J connectivity index is 2.31. The molecule has 0 radical (unpaired) electrons. The van der Waals surface area contributed by atoms with Gasteiger partial charge >= 0.3 is 0 Å². The Kier molecular flexibility index (Phi) is 4.04.